The Bertz CT molecular complexity index is 475. The van der Waals surface area contributed by atoms with E-state index >= 15 is 0 Å². The fraction of sp³-hybridized carbons (Fsp3) is 0.429. The number of rotatable bonds is 5. The number of hydrogen-bond donors (Lipinski definition) is 0. The summed E-state index contributed by atoms with van der Waals surface area (Å²) in [6.45, 7) is 4.08. The van der Waals surface area contributed by atoms with Gasteiger partial charge in [-0.05, 0) is 31.0 Å². The SMILES string of the molecule is CCOC(=O)Cc1c(C#N)cc(CC)cc1OC. The Kier molecular flexibility index (Phi) is 5.19. The smallest absolute Gasteiger partial charge is 0.310 e. The van der Waals surface area contributed by atoms with Crippen molar-refractivity contribution in [3.63, 3.8) is 0 Å². The van der Waals surface area contributed by atoms with Crippen molar-refractivity contribution in [2.45, 2.75) is 26.7 Å². The lowest BCUT2D eigenvalue weighted by Crippen LogP contribution is -2.10. The number of carbonyl (C=O) groups excluding carboxylic acids is 1. The molecule has 18 heavy (non-hydrogen) atoms. The molecule has 0 aliphatic rings. The van der Waals surface area contributed by atoms with Crippen LogP contribution in [0.5, 0.6) is 5.75 Å². The molecule has 96 valence electrons. The highest BCUT2D eigenvalue weighted by Gasteiger charge is 2.15. The number of ether oxygens (including phenoxy) is 2. The van der Waals surface area contributed by atoms with Crippen molar-refractivity contribution in [1.29, 1.82) is 5.26 Å². The van der Waals surface area contributed by atoms with Gasteiger partial charge in [0.25, 0.3) is 0 Å². The lowest BCUT2D eigenvalue weighted by molar-refractivity contribution is -0.142. The third-order valence-electron chi connectivity index (χ3n) is 2.64. The highest BCUT2D eigenvalue weighted by atomic mass is 16.5. The maximum atomic E-state index is 11.5. The zero-order valence-corrected chi connectivity index (χ0v) is 10.9. The highest BCUT2D eigenvalue weighted by molar-refractivity contribution is 5.75. The van der Waals surface area contributed by atoms with Crippen LogP contribution in [-0.4, -0.2) is 19.7 Å². The molecule has 4 heteroatoms. The highest BCUT2D eigenvalue weighted by Crippen LogP contribution is 2.25. The second kappa shape index (κ2) is 6.65. The van der Waals surface area contributed by atoms with Crippen LogP contribution in [0.1, 0.15) is 30.5 Å². The summed E-state index contributed by atoms with van der Waals surface area (Å²) in [4.78, 5) is 11.5. The van der Waals surface area contributed by atoms with Crippen molar-refractivity contribution in [1.82, 2.24) is 0 Å². The maximum absolute atomic E-state index is 11.5. The van der Waals surface area contributed by atoms with Crippen molar-refractivity contribution in [2.24, 2.45) is 0 Å². The van der Waals surface area contributed by atoms with Gasteiger partial charge < -0.3 is 9.47 Å². The molecule has 0 heterocycles. The Hall–Kier alpha value is -2.02. The molecule has 4 nitrogen and oxygen atoms in total. The molecule has 0 spiro atoms. The molecule has 0 N–H and O–H groups in total. The first kappa shape index (κ1) is 14.0. The van der Waals surface area contributed by atoms with Gasteiger partial charge in [-0.1, -0.05) is 6.92 Å². The van der Waals surface area contributed by atoms with E-state index in [0.717, 1.165) is 12.0 Å². The minimum absolute atomic E-state index is 0.0594. The summed E-state index contributed by atoms with van der Waals surface area (Å²) in [7, 11) is 1.53. The van der Waals surface area contributed by atoms with Crippen LogP contribution >= 0.6 is 0 Å². The number of methoxy groups -OCH3 is 1. The molecule has 0 bridgehead atoms. The predicted octanol–water partition coefficient (Wildman–Crippen LogP) is 2.23. The van der Waals surface area contributed by atoms with E-state index in [0.29, 0.717) is 23.5 Å². The Balaban J connectivity index is 3.15. The van der Waals surface area contributed by atoms with Crippen molar-refractivity contribution < 1.29 is 14.3 Å². The van der Waals surface area contributed by atoms with Crippen LogP contribution in [0.3, 0.4) is 0 Å². The van der Waals surface area contributed by atoms with E-state index in [-0.39, 0.29) is 12.4 Å². The Morgan fingerprint density at radius 3 is 2.61 bits per heavy atom. The lowest BCUT2D eigenvalue weighted by atomic mass is 9.99. The molecule has 0 fully saturated rings. The monoisotopic (exact) mass is 247 g/mol. The minimum atomic E-state index is -0.350. The predicted molar refractivity (Wildman–Crippen MR) is 67.4 cm³/mol. The molecule has 0 saturated carbocycles. The van der Waals surface area contributed by atoms with E-state index in [2.05, 4.69) is 6.07 Å². The molecule has 0 aliphatic heterocycles. The molecule has 0 atom stereocenters. The van der Waals surface area contributed by atoms with E-state index in [4.69, 9.17) is 14.7 Å². The van der Waals surface area contributed by atoms with Crippen LogP contribution in [-0.2, 0) is 22.4 Å². The molecule has 1 aromatic carbocycles. The molecule has 0 aliphatic carbocycles. The standard InChI is InChI=1S/C14H17NO3/c1-4-10-6-11(9-15)12(13(7-10)17-3)8-14(16)18-5-2/h6-7H,4-5,8H2,1-3H3. The number of nitriles is 1. The number of benzene rings is 1. The quantitative estimate of drug-likeness (QED) is 0.749. The Morgan fingerprint density at radius 2 is 2.11 bits per heavy atom. The van der Waals surface area contributed by atoms with Crippen LogP contribution in [0.2, 0.25) is 0 Å². The topological polar surface area (TPSA) is 59.3 Å². The average molecular weight is 247 g/mol. The fourth-order valence-electron chi connectivity index (χ4n) is 1.73. The van der Waals surface area contributed by atoms with Gasteiger partial charge in [0.15, 0.2) is 0 Å². The Labute approximate surface area is 107 Å². The van der Waals surface area contributed by atoms with Crippen molar-refractivity contribution in [2.75, 3.05) is 13.7 Å². The Morgan fingerprint density at radius 1 is 1.39 bits per heavy atom. The first-order valence-corrected chi connectivity index (χ1v) is 5.91. The zero-order chi connectivity index (χ0) is 13.5. The molecule has 1 rings (SSSR count). The first-order valence-electron chi connectivity index (χ1n) is 5.91. The molecule has 0 amide bonds. The van der Waals surface area contributed by atoms with Crippen molar-refractivity contribution >= 4 is 5.97 Å². The van der Waals surface area contributed by atoms with Gasteiger partial charge in [-0.15, -0.1) is 0 Å². The first-order chi connectivity index (χ1) is 8.65. The van der Waals surface area contributed by atoms with Gasteiger partial charge >= 0.3 is 5.97 Å². The van der Waals surface area contributed by atoms with Gasteiger partial charge in [0.2, 0.25) is 0 Å². The van der Waals surface area contributed by atoms with Gasteiger partial charge in [-0.2, -0.15) is 5.26 Å². The second-order valence-electron chi connectivity index (χ2n) is 3.77. The zero-order valence-electron chi connectivity index (χ0n) is 10.9. The molecular weight excluding hydrogens is 230 g/mol. The lowest BCUT2D eigenvalue weighted by Gasteiger charge is -2.12. The van der Waals surface area contributed by atoms with Crippen LogP contribution in [0.4, 0.5) is 0 Å². The van der Waals surface area contributed by atoms with E-state index in [1.165, 1.54) is 7.11 Å². The van der Waals surface area contributed by atoms with E-state index in [1.807, 2.05) is 13.0 Å². The summed E-state index contributed by atoms with van der Waals surface area (Å²) in [5.74, 6) is 0.218. The van der Waals surface area contributed by atoms with Crippen molar-refractivity contribution in [3.8, 4) is 11.8 Å². The summed E-state index contributed by atoms with van der Waals surface area (Å²) >= 11 is 0. The largest absolute Gasteiger partial charge is 0.496 e. The van der Waals surface area contributed by atoms with Gasteiger partial charge in [-0.3, -0.25) is 4.79 Å². The van der Waals surface area contributed by atoms with Gasteiger partial charge in [-0.25, -0.2) is 0 Å². The molecule has 0 unspecified atom stereocenters. The molecular formula is C14H17NO3. The van der Waals surface area contributed by atoms with E-state index in [1.54, 1.807) is 13.0 Å². The second-order valence-corrected chi connectivity index (χ2v) is 3.77. The van der Waals surface area contributed by atoms with Gasteiger partial charge in [0.1, 0.15) is 5.75 Å². The summed E-state index contributed by atoms with van der Waals surface area (Å²) in [5.41, 5.74) is 2.07. The average Bonchev–Trinajstić information content (AvgIpc) is 2.39. The number of nitrogens with zero attached hydrogens (tertiary/aromatic N) is 1. The molecule has 0 saturated heterocycles. The molecule has 0 aromatic heterocycles. The molecule has 0 radical (unpaired) electrons. The number of carbonyl (C=O) groups is 1. The van der Waals surface area contributed by atoms with Crippen LogP contribution < -0.4 is 4.74 Å². The number of esters is 1. The number of hydrogen-bond acceptors (Lipinski definition) is 4. The van der Waals surface area contributed by atoms with Crippen molar-refractivity contribution in [3.05, 3.63) is 28.8 Å². The van der Waals surface area contributed by atoms with E-state index in [9.17, 15) is 4.79 Å². The summed E-state index contributed by atoms with van der Waals surface area (Å²) < 4.78 is 10.1. The third kappa shape index (κ3) is 3.24. The van der Waals surface area contributed by atoms with Gasteiger partial charge in [0, 0.05) is 5.56 Å². The van der Waals surface area contributed by atoms with Gasteiger partial charge in [0.05, 0.1) is 31.8 Å². The minimum Gasteiger partial charge on any atom is -0.496 e. The summed E-state index contributed by atoms with van der Waals surface area (Å²) in [5, 5.41) is 9.14. The van der Waals surface area contributed by atoms with Crippen LogP contribution in [0, 0.1) is 11.3 Å². The maximum Gasteiger partial charge on any atom is 0.310 e. The van der Waals surface area contributed by atoms with E-state index < -0.39 is 0 Å². The van der Waals surface area contributed by atoms with Crippen LogP contribution in [0.15, 0.2) is 12.1 Å². The normalized spacial score (nSPS) is 9.67. The summed E-state index contributed by atoms with van der Waals surface area (Å²) in [6.07, 6.45) is 0.870. The van der Waals surface area contributed by atoms with Crippen LogP contribution in [0.25, 0.3) is 0 Å². The summed E-state index contributed by atoms with van der Waals surface area (Å²) in [6, 6.07) is 5.75. The molecule has 1 aromatic rings. The number of aryl methyl sites for hydroxylation is 1. The fourth-order valence-corrected chi connectivity index (χ4v) is 1.73. The third-order valence-corrected chi connectivity index (χ3v) is 2.64.